The van der Waals surface area contributed by atoms with E-state index in [-0.39, 0.29) is 0 Å². The monoisotopic (exact) mass is 204 g/mol. The lowest BCUT2D eigenvalue weighted by Gasteiger charge is -2.23. The molecule has 0 radical (unpaired) electrons. The molecule has 1 aromatic carbocycles. The van der Waals surface area contributed by atoms with Crippen molar-refractivity contribution in [1.29, 1.82) is 0 Å². The van der Waals surface area contributed by atoms with Crippen LogP contribution in [0.1, 0.15) is 25.3 Å². The summed E-state index contributed by atoms with van der Waals surface area (Å²) in [5.74, 6) is 0. The molecule has 1 aromatic rings. The first-order valence-corrected chi connectivity index (χ1v) is 5.84. The minimum Gasteiger partial charge on any atom is -0.399 e. The van der Waals surface area contributed by atoms with Gasteiger partial charge in [0.2, 0.25) is 0 Å². The molecule has 0 saturated carbocycles. The summed E-state index contributed by atoms with van der Waals surface area (Å²) in [5.41, 5.74) is 7.92. The Morgan fingerprint density at radius 1 is 1.20 bits per heavy atom. The Balaban J connectivity index is 1.92. The summed E-state index contributed by atoms with van der Waals surface area (Å²) in [6.45, 7) is 4.87. The molecular weight excluding hydrogens is 184 g/mol. The lowest BCUT2D eigenvalue weighted by Crippen LogP contribution is -2.31. The highest BCUT2D eigenvalue weighted by Gasteiger charge is 2.17. The molecule has 2 rings (SSSR count). The SMILES string of the molecule is CC(Cc1ccc(N)cc1)N1CCCC1. The van der Waals surface area contributed by atoms with Crippen molar-refractivity contribution in [3.63, 3.8) is 0 Å². The maximum atomic E-state index is 5.67. The van der Waals surface area contributed by atoms with Crippen molar-refractivity contribution < 1.29 is 0 Å². The topological polar surface area (TPSA) is 29.3 Å². The second-order valence-electron chi connectivity index (χ2n) is 4.54. The number of anilines is 1. The molecule has 1 aliphatic rings. The van der Waals surface area contributed by atoms with E-state index in [9.17, 15) is 0 Å². The first-order valence-electron chi connectivity index (χ1n) is 5.84. The van der Waals surface area contributed by atoms with E-state index in [0.717, 1.165) is 12.1 Å². The molecule has 2 heteroatoms. The third kappa shape index (κ3) is 2.72. The van der Waals surface area contributed by atoms with Crippen LogP contribution in [0.25, 0.3) is 0 Å². The normalized spacial score (nSPS) is 19.3. The van der Waals surface area contributed by atoms with Crippen molar-refractivity contribution in [3.8, 4) is 0 Å². The molecule has 0 aliphatic carbocycles. The zero-order valence-corrected chi connectivity index (χ0v) is 9.45. The minimum atomic E-state index is 0.663. The molecule has 0 bridgehead atoms. The zero-order valence-electron chi connectivity index (χ0n) is 9.45. The fourth-order valence-electron chi connectivity index (χ4n) is 2.31. The average molecular weight is 204 g/mol. The lowest BCUT2D eigenvalue weighted by molar-refractivity contribution is 0.258. The molecule has 1 atom stereocenters. The van der Waals surface area contributed by atoms with Crippen LogP contribution in [0, 0.1) is 0 Å². The second kappa shape index (κ2) is 4.67. The number of nitrogens with zero attached hydrogens (tertiary/aromatic N) is 1. The lowest BCUT2D eigenvalue weighted by atomic mass is 10.1. The van der Waals surface area contributed by atoms with Crippen LogP contribution < -0.4 is 5.73 Å². The number of hydrogen-bond donors (Lipinski definition) is 1. The van der Waals surface area contributed by atoms with Crippen molar-refractivity contribution in [1.82, 2.24) is 4.90 Å². The average Bonchev–Trinajstić information content (AvgIpc) is 2.74. The Labute approximate surface area is 92.1 Å². The molecule has 15 heavy (non-hydrogen) atoms. The number of nitrogen functional groups attached to an aromatic ring is 1. The van der Waals surface area contributed by atoms with Crippen LogP contribution >= 0.6 is 0 Å². The molecule has 1 unspecified atom stereocenters. The van der Waals surface area contributed by atoms with E-state index >= 15 is 0 Å². The van der Waals surface area contributed by atoms with Crippen molar-refractivity contribution in [2.45, 2.75) is 32.2 Å². The summed E-state index contributed by atoms with van der Waals surface area (Å²) < 4.78 is 0. The van der Waals surface area contributed by atoms with Crippen molar-refractivity contribution >= 4 is 5.69 Å². The molecule has 1 saturated heterocycles. The Morgan fingerprint density at radius 3 is 2.40 bits per heavy atom. The molecule has 0 amide bonds. The summed E-state index contributed by atoms with van der Waals surface area (Å²) in [6, 6.07) is 8.93. The minimum absolute atomic E-state index is 0.663. The highest BCUT2D eigenvalue weighted by molar-refractivity contribution is 5.39. The van der Waals surface area contributed by atoms with Gasteiger partial charge in [-0.2, -0.15) is 0 Å². The van der Waals surface area contributed by atoms with Gasteiger partial charge in [-0.05, 0) is 57.0 Å². The third-order valence-corrected chi connectivity index (χ3v) is 3.27. The Hall–Kier alpha value is -1.02. The van der Waals surface area contributed by atoms with Crippen LogP contribution in [0.3, 0.4) is 0 Å². The molecule has 0 spiro atoms. The van der Waals surface area contributed by atoms with E-state index in [1.54, 1.807) is 0 Å². The van der Waals surface area contributed by atoms with E-state index in [0.29, 0.717) is 6.04 Å². The van der Waals surface area contributed by atoms with E-state index in [4.69, 9.17) is 5.73 Å². The van der Waals surface area contributed by atoms with Crippen molar-refractivity contribution in [3.05, 3.63) is 29.8 Å². The summed E-state index contributed by atoms with van der Waals surface area (Å²) in [7, 11) is 0. The number of benzene rings is 1. The van der Waals surface area contributed by atoms with Crippen LogP contribution in [-0.2, 0) is 6.42 Å². The third-order valence-electron chi connectivity index (χ3n) is 3.27. The van der Waals surface area contributed by atoms with Gasteiger partial charge in [-0.15, -0.1) is 0 Å². The van der Waals surface area contributed by atoms with Crippen LogP contribution in [0.5, 0.6) is 0 Å². The van der Waals surface area contributed by atoms with Gasteiger partial charge in [-0.1, -0.05) is 12.1 Å². The molecule has 1 aliphatic heterocycles. The predicted octanol–water partition coefficient (Wildman–Crippen LogP) is 2.30. The second-order valence-corrected chi connectivity index (χ2v) is 4.54. The van der Waals surface area contributed by atoms with E-state index in [1.165, 1.54) is 31.5 Å². The van der Waals surface area contributed by atoms with Gasteiger partial charge in [0.05, 0.1) is 0 Å². The molecule has 1 heterocycles. The summed E-state index contributed by atoms with van der Waals surface area (Å²) >= 11 is 0. The maximum Gasteiger partial charge on any atom is 0.0314 e. The van der Waals surface area contributed by atoms with Gasteiger partial charge in [0.15, 0.2) is 0 Å². The smallest absolute Gasteiger partial charge is 0.0314 e. The van der Waals surface area contributed by atoms with Gasteiger partial charge in [-0.3, -0.25) is 0 Å². The summed E-state index contributed by atoms with van der Waals surface area (Å²) in [5, 5.41) is 0. The molecule has 2 N–H and O–H groups in total. The van der Waals surface area contributed by atoms with E-state index in [1.807, 2.05) is 12.1 Å². The van der Waals surface area contributed by atoms with Crippen LogP contribution in [0.4, 0.5) is 5.69 Å². The van der Waals surface area contributed by atoms with Crippen molar-refractivity contribution in [2.24, 2.45) is 0 Å². The summed E-state index contributed by atoms with van der Waals surface area (Å²) in [4.78, 5) is 2.58. The van der Waals surface area contributed by atoms with Crippen LogP contribution in [0.2, 0.25) is 0 Å². The number of hydrogen-bond acceptors (Lipinski definition) is 2. The van der Waals surface area contributed by atoms with Crippen LogP contribution in [-0.4, -0.2) is 24.0 Å². The van der Waals surface area contributed by atoms with Gasteiger partial charge in [0.25, 0.3) is 0 Å². The Kier molecular flexibility index (Phi) is 3.27. The molecule has 82 valence electrons. The molecule has 2 nitrogen and oxygen atoms in total. The largest absolute Gasteiger partial charge is 0.399 e. The molecular formula is C13H20N2. The van der Waals surface area contributed by atoms with Gasteiger partial charge in [0.1, 0.15) is 0 Å². The Bertz CT molecular complexity index is 299. The van der Waals surface area contributed by atoms with Gasteiger partial charge >= 0.3 is 0 Å². The van der Waals surface area contributed by atoms with E-state index < -0.39 is 0 Å². The van der Waals surface area contributed by atoms with E-state index in [2.05, 4.69) is 24.0 Å². The fourth-order valence-corrected chi connectivity index (χ4v) is 2.31. The highest BCUT2D eigenvalue weighted by Crippen LogP contribution is 2.16. The fraction of sp³-hybridized carbons (Fsp3) is 0.538. The number of nitrogens with two attached hydrogens (primary N) is 1. The van der Waals surface area contributed by atoms with Crippen LogP contribution in [0.15, 0.2) is 24.3 Å². The van der Waals surface area contributed by atoms with Gasteiger partial charge in [0, 0.05) is 11.7 Å². The highest BCUT2D eigenvalue weighted by atomic mass is 15.2. The summed E-state index contributed by atoms with van der Waals surface area (Å²) in [6.07, 6.45) is 3.87. The van der Waals surface area contributed by atoms with Crippen molar-refractivity contribution in [2.75, 3.05) is 18.8 Å². The number of rotatable bonds is 3. The van der Waals surface area contributed by atoms with Gasteiger partial charge < -0.3 is 10.6 Å². The standard InChI is InChI=1S/C13H20N2/c1-11(15-8-2-3-9-15)10-12-4-6-13(14)7-5-12/h4-7,11H,2-3,8-10,14H2,1H3. The quantitative estimate of drug-likeness (QED) is 0.765. The zero-order chi connectivity index (χ0) is 10.7. The maximum absolute atomic E-state index is 5.67. The Morgan fingerprint density at radius 2 is 1.80 bits per heavy atom. The number of likely N-dealkylation sites (tertiary alicyclic amines) is 1. The molecule has 0 aromatic heterocycles. The first kappa shape index (κ1) is 10.5. The first-order chi connectivity index (χ1) is 7.25. The predicted molar refractivity (Wildman–Crippen MR) is 64.8 cm³/mol. The van der Waals surface area contributed by atoms with Gasteiger partial charge in [-0.25, -0.2) is 0 Å². The molecule has 1 fully saturated rings.